The highest BCUT2D eigenvalue weighted by Gasteiger charge is 2.29. The molecule has 2 aliphatic rings. The number of anilines is 2. The number of aromatic nitrogens is 2. The van der Waals surface area contributed by atoms with Crippen LogP contribution in [0.4, 0.5) is 17.3 Å². The van der Waals surface area contributed by atoms with E-state index in [0.29, 0.717) is 31.3 Å². The summed E-state index contributed by atoms with van der Waals surface area (Å²) in [5, 5.41) is 15.0. The minimum Gasteiger partial charge on any atom is -0.379 e. The number of nitrogens with zero attached hydrogens (tertiary/aromatic N) is 5. The van der Waals surface area contributed by atoms with E-state index in [2.05, 4.69) is 32.3 Å². The van der Waals surface area contributed by atoms with E-state index in [-0.39, 0.29) is 10.6 Å². The Hall–Kier alpha value is -2.78. The van der Waals surface area contributed by atoms with Gasteiger partial charge in [0.15, 0.2) is 0 Å². The number of morpholine rings is 1. The van der Waals surface area contributed by atoms with Crippen molar-refractivity contribution in [3.05, 3.63) is 51.8 Å². The van der Waals surface area contributed by atoms with Gasteiger partial charge >= 0.3 is 5.69 Å². The summed E-state index contributed by atoms with van der Waals surface area (Å²) in [5.41, 5.74) is 2.44. The van der Waals surface area contributed by atoms with E-state index in [9.17, 15) is 10.1 Å². The molecule has 0 aliphatic carbocycles. The van der Waals surface area contributed by atoms with Gasteiger partial charge < -0.3 is 15.0 Å². The predicted molar refractivity (Wildman–Crippen MR) is 110 cm³/mol. The quantitative estimate of drug-likeness (QED) is 0.430. The zero-order chi connectivity index (χ0) is 20.1. The topological polar surface area (TPSA) is 96.7 Å². The first-order valence-electron chi connectivity index (χ1n) is 10.1. The van der Waals surface area contributed by atoms with Crippen LogP contribution < -0.4 is 10.2 Å². The second-order valence-corrected chi connectivity index (χ2v) is 7.33. The molecule has 1 fully saturated rings. The third-order valence-corrected chi connectivity index (χ3v) is 5.46. The molecule has 2 aliphatic heterocycles. The Morgan fingerprint density at radius 2 is 1.93 bits per heavy atom. The molecular weight excluding hydrogens is 372 g/mol. The normalized spacial score (nSPS) is 17.0. The molecule has 1 saturated heterocycles. The van der Waals surface area contributed by atoms with Crippen LogP contribution in [0.3, 0.4) is 0 Å². The van der Waals surface area contributed by atoms with E-state index < -0.39 is 0 Å². The molecule has 2 aromatic rings. The number of hydrogen-bond acceptors (Lipinski definition) is 8. The third-order valence-electron chi connectivity index (χ3n) is 5.46. The molecule has 154 valence electrons. The van der Waals surface area contributed by atoms with Crippen molar-refractivity contribution in [1.29, 1.82) is 0 Å². The number of nitrogens with one attached hydrogen (secondary N) is 1. The van der Waals surface area contributed by atoms with Crippen LogP contribution in [0.1, 0.15) is 17.5 Å². The first-order valence-corrected chi connectivity index (χ1v) is 10.1. The van der Waals surface area contributed by atoms with Gasteiger partial charge in [-0.05, 0) is 30.5 Å². The maximum absolute atomic E-state index is 11.8. The Kier molecular flexibility index (Phi) is 6.16. The maximum Gasteiger partial charge on any atom is 0.353 e. The summed E-state index contributed by atoms with van der Waals surface area (Å²) in [7, 11) is 0. The van der Waals surface area contributed by atoms with Crippen molar-refractivity contribution in [2.45, 2.75) is 19.4 Å². The van der Waals surface area contributed by atoms with Crippen LogP contribution in [0, 0.1) is 10.1 Å². The van der Waals surface area contributed by atoms with E-state index >= 15 is 0 Å². The van der Waals surface area contributed by atoms with E-state index in [1.165, 1.54) is 17.5 Å². The van der Waals surface area contributed by atoms with Crippen molar-refractivity contribution in [3.8, 4) is 0 Å². The molecule has 3 heterocycles. The largest absolute Gasteiger partial charge is 0.379 e. The van der Waals surface area contributed by atoms with Crippen molar-refractivity contribution in [1.82, 2.24) is 14.9 Å². The van der Waals surface area contributed by atoms with Gasteiger partial charge in [-0.3, -0.25) is 15.0 Å². The minimum absolute atomic E-state index is 0.0433. The number of rotatable bonds is 7. The van der Waals surface area contributed by atoms with Gasteiger partial charge in [0, 0.05) is 32.7 Å². The molecule has 1 aromatic carbocycles. The van der Waals surface area contributed by atoms with E-state index in [0.717, 1.165) is 45.7 Å². The highest BCUT2D eigenvalue weighted by atomic mass is 16.6. The van der Waals surface area contributed by atoms with Gasteiger partial charge in [0.05, 0.1) is 18.1 Å². The van der Waals surface area contributed by atoms with Crippen molar-refractivity contribution in [2.75, 3.05) is 56.2 Å². The SMILES string of the molecule is O=[N+]([O-])c1c(NCCCN2CCOCC2)ncnc1N1CCc2ccccc2C1. The molecule has 9 heteroatoms. The molecule has 0 saturated carbocycles. The van der Waals surface area contributed by atoms with Gasteiger partial charge in [-0.2, -0.15) is 0 Å². The number of benzene rings is 1. The smallest absolute Gasteiger partial charge is 0.353 e. The Balaban J connectivity index is 1.44. The van der Waals surface area contributed by atoms with Gasteiger partial charge in [-0.15, -0.1) is 0 Å². The number of hydrogen-bond donors (Lipinski definition) is 1. The summed E-state index contributed by atoms with van der Waals surface area (Å²) in [6.07, 6.45) is 3.14. The Labute approximate surface area is 169 Å². The van der Waals surface area contributed by atoms with E-state index in [1.54, 1.807) is 0 Å². The second-order valence-electron chi connectivity index (χ2n) is 7.33. The van der Waals surface area contributed by atoms with Crippen LogP contribution >= 0.6 is 0 Å². The van der Waals surface area contributed by atoms with E-state index in [4.69, 9.17) is 4.74 Å². The fourth-order valence-electron chi connectivity index (χ4n) is 3.91. The molecule has 0 radical (unpaired) electrons. The predicted octanol–water partition coefficient (Wildman–Crippen LogP) is 2.08. The molecule has 1 N–H and O–H groups in total. The maximum atomic E-state index is 11.8. The summed E-state index contributed by atoms with van der Waals surface area (Å²) in [6.45, 7) is 6.29. The summed E-state index contributed by atoms with van der Waals surface area (Å²) in [4.78, 5) is 24.2. The monoisotopic (exact) mass is 398 g/mol. The van der Waals surface area contributed by atoms with Gasteiger partial charge in [0.1, 0.15) is 6.33 Å². The Bertz CT molecular complexity index is 856. The van der Waals surface area contributed by atoms with Gasteiger partial charge in [-0.25, -0.2) is 9.97 Å². The number of fused-ring (bicyclic) bond motifs is 1. The first kappa shape index (κ1) is 19.5. The molecule has 0 amide bonds. The van der Waals surface area contributed by atoms with Crippen LogP contribution in [0.15, 0.2) is 30.6 Å². The fourth-order valence-corrected chi connectivity index (χ4v) is 3.91. The lowest BCUT2D eigenvalue weighted by Gasteiger charge is -2.29. The molecule has 4 rings (SSSR count). The summed E-state index contributed by atoms with van der Waals surface area (Å²) in [5.74, 6) is 0.677. The van der Waals surface area contributed by atoms with Crippen molar-refractivity contribution in [2.24, 2.45) is 0 Å². The summed E-state index contributed by atoms with van der Waals surface area (Å²) < 4.78 is 5.36. The van der Waals surface area contributed by atoms with E-state index in [1.807, 2.05) is 17.0 Å². The van der Waals surface area contributed by atoms with Gasteiger partial charge in [-0.1, -0.05) is 24.3 Å². The Morgan fingerprint density at radius 1 is 1.14 bits per heavy atom. The van der Waals surface area contributed by atoms with Crippen LogP contribution in [-0.4, -0.2) is 65.7 Å². The highest BCUT2D eigenvalue weighted by molar-refractivity contribution is 5.70. The molecule has 1 aromatic heterocycles. The zero-order valence-electron chi connectivity index (χ0n) is 16.4. The third kappa shape index (κ3) is 4.63. The van der Waals surface area contributed by atoms with Crippen LogP contribution in [-0.2, 0) is 17.7 Å². The molecule has 0 bridgehead atoms. The van der Waals surface area contributed by atoms with Crippen molar-refractivity contribution >= 4 is 17.3 Å². The van der Waals surface area contributed by atoms with Crippen molar-refractivity contribution < 1.29 is 9.66 Å². The van der Waals surface area contributed by atoms with Crippen LogP contribution in [0.2, 0.25) is 0 Å². The fraction of sp³-hybridized carbons (Fsp3) is 0.500. The van der Waals surface area contributed by atoms with Gasteiger partial charge in [0.2, 0.25) is 11.6 Å². The average Bonchev–Trinajstić information content (AvgIpc) is 2.76. The molecule has 0 atom stereocenters. The Morgan fingerprint density at radius 3 is 2.72 bits per heavy atom. The van der Waals surface area contributed by atoms with Crippen molar-refractivity contribution in [3.63, 3.8) is 0 Å². The first-order chi connectivity index (χ1) is 14.2. The van der Waals surface area contributed by atoms with Crippen LogP contribution in [0.25, 0.3) is 0 Å². The second kappa shape index (κ2) is 9.15. The molecular formula is C20H26N6O3. The highest BCUT2D eigenvalue weighted by Crippen LogP contribution is 2.34. The number of nitro groups is 1. The van der Waals surface area contributed by atoms with Gasteiger partial charge in [0.25, 0.3) is 0 Å². The standard InChI is InChI=1S/C20H26N6O3/c27-26(28)18-19(21-7-3-8-24-10-12-29-13-11-24)22-15-23-20(18)25-9-6-16-4-1-2-5-17(16)14-25/h1-2,4-5,15H,3,6-14H2,(H,21,22,23). The average molecular weight is 398 g/mol. The lowest BCUT2D eigenvalue weighted by Crippen LogP contribution is -2.37. The zero-order valence-corrected chi connectivity index (χ0v) is 16.4. The summed E-state index contributed by atoms with van der Waals surface area (Å²) in [6, 6.07) is 8.21. The summed E-state index contributed by atoms with van der Waals surface area (Å²) >= 11 is 0. The molecule has 0 spiro atoms. The minimum atomic E-state index is -0.375. The molecule has 0 unspecified atom stereocenters. The lowest BCUT2D eigenvalue weighted by atomic mass is 10.00. The number of ether oxygens (including phenoxy) is 1. The lowest BCUT2D eigenvalue weighted by molar-refractivity contribution is -0.383. The molecule has 29 heavy (non-hydrogen) atoms. The molecule has 9 nitrogen and oxygen atoms in total. The van der Waals surface area contributed by atoms with Crippen LogP contribution in [0.5, 0.6) is 0 Å².